The molecule has 130 valence electrons. The molecule has 0 saturated heterocycles. The van der Waals surface area contributed by atoms with E-state index in [9.17, 15) is 19.7 Å². The van der Waals surface area contributed by atoms with Crippen molar-refractivity contribution in [3.8, 4) is 0 Å². The summed E-state index contributed by atoms with van der Waals surface area (Å²) >= 11 is 0. The van der Waals surface area contributed by atoms with E-state index >= 15 is 0 Å². The molecular formula is C18H18N2O5. The molecular weight excluding hydrogens is 324 g/mol. The third-order valence-electron chi connectivity index (χ3n) is 3.62. The van der Waals surface area contributed by atoms with Crippen LogP contribution in [0.3, 0.4) is 0 Å². The van der Waals surface area contributed by atoms with Crippen LogP contribution in [-0.2, 0) is 9.53 Å². The smallest absolute Gasteiger partial charge is 0.345 e. The lowest BCUT2D eigenvalue weighted by atomic mass is 10.1. The highest BCUT2D eigenvalue weighted by Crippen LogP contribution is 2.20. The Morgan fingerprint density at radius 1 is 1.16 bits per heavy atom. The fourth-order valence-electron chi connectivity index (χ4n) is 2.19. The lowest BCUT2D eigenvalue weighted by Gasteiger charge is -2.15. The average molecular weight is 342 g/mol. The van der Waals surface area contributed by atoms with E-state index in [1.165, 1.54) is 31.2 Å². The number of para-hydroxylation sites is 1. The maximum absolute atomic E-state index is 12.2. The molecule has 0 saturated carbocycles. The molecule has 0 bridgehead atoms. The molecule has 0 fully saturated rings. The predicted molar refractivity (Wildman–Crippen MR) is 92.5 cm³/mol. The number of amides is 1. The summed E-state index contributed by atoms with van der Waals surface area (Å²) in [6, 6.07) is 11.0. The quantitative estimate of drug-likeness (QED) is 0.510. The fraction of sp³-hybridized carbons (Fsp3) is 0.222. The van der Waals surface area contributed by atoms with Crippen molar-refractivity contribution in [1.82, 2.24) is 0 Å². The second-order valence-corrected chi connectivity index (χ2v) is 5.63. The van der Waals surface area contributed by atoms with E-state index in [4.69, 9.17) is 4.74 Å². The zero-order valence-corrected chi connectivity index (χ0v) is 14.1. The van der Waals surface area contributed by atoms with Gasteiger partial charge in [0.2, 0.25) is 0 Å². The summed E-state index contributed by atoms with van der Waals surface area (Å²) in [5.74, 6) is -1.43. The van der Waals surface area contributed by atoms with E-state index in [1.54, 1.807) is 0 Å². The minimum Gasteiger partial charge on any atom is -0.449 e. The summed E-state index contributed by atoms with van der Waals surface area (Å²) in [6.45, 7) is 5.15. The van der Waals surface area contributed by atoms with Gasteiger partial charge in [-0.2, -0.15) is 0 Å². The molecule has 0 aromatic heterocycles. The molecule has 2 aromatic carbocycles. The van der Waals surface area contributed by atoms with Crippen molar-refractivity contribution in [1.29, 1.82) is 0 Å². The molecule has 7 heteroatoms. The number of anilines is 1. The first-order chi connectivity index (χ1) is 11.8. The molecule has 25 heavy (non-hydrogen) atoms. The lowest BCUT2D eigenvalue weighted by molar-refractivity contribution is -0.385. The monoisotopic (exact) mass is 342 g/mol. The molecule has 0 heterocycles. The van der Waals surface area contributed by atoms with E-state index in [0.29, 0.717) is 5.69 Å². The van der Waals surface area contributed by atoms with Gasteiger partial charge >= 0.3 is 5.97 Å². The number of rotatable bonds is 5. The number of nitrogens with one attached hydrogen (secondary N) is 1. The number of nitro groups is 1. The van der Waals surface area contributed by atoms with E-state index < -0.39 is 22.9 Å². The van der Waals surface area contributed by atoms with Gasteiger partial charge in [-0.25, -0.2) is 4.79 Å². The van der Waals surface area contributed by atoms with E-state index in [0.717, 1.165) is 11.1 Å². The average Bonchev–Trinajstić information content (AvgIpc) is 2.57. The Balaban J connectivity index is 2.10. The number of esters is 1. The van der Waals surface area contributed by atoms with Gasteiger partial charge in [-0.15, -0.1) is 0 Å². The van der Waals surface area contributed by atoms with E-state index in [2.05, 4.69) is 5.32 Å². The van der Waals surface area contributed by atoms with Crippen molar-refractivity contribution >= 4 is 23.3 Å². The Kier molecular flexibility index (Phi) is 5.49. The van der Waals surface area contributed by atoms with E-state index in [-0.39, 0.29) is 11.3 Å². The van der Waals surface area contributed by atoms with Crippen molar-refractivity contribution in [2.24, 2.45) is 0 Å². The van der Waals surface area contributed by atoms with Crippen molar-refractivity contribution < 1.29 is 19.2 Å². The van der Waals surface area contributed by atoms with Crippen molar-refractivity contribution in [3.63, 3.8) is 0 Å². The molecule has 0 radical (unpaired) electrons. The lowest BCUT2D eigenvalue weighted by Crippen LogP contribution is -2.30. The molecule has 1 atom stereocenters. The number of ether oxygens (including phenoxy) is 1. The number of nitrogens with zero attached hydrogens (tertiary/aromatic N) is 1. The van der Waals surface area contributed by atoms with E-state index in [1.807, 2.05) is 32.0 Å². The van der Waals surface area contributed by atoms with Crippen LogP contribution in [0.2, 0.25) is 0 Å². The summed E-state index contributed by atoms with van der Waals surface area (Å²) in [7, 11) is 0. The number of nitro benzene ring substituents is 1. The highest BCUT2D eigenvalue weighted by atomic mass is 16.6. The number of carbonyl (C=O) groups excluding carboxylic acids is 2. The van der Waals surface area contributed by atoms with Gasteiger partial charge in [-0.3, -0.25) is 14.9 Å². The number of carbonyl (C=O) groups is 2. The first kappa shape index (κ1) is 18.1. The van der Waals surface area contributed by atoms with Gasteiger partial charge in [-0.05, 0) is 44.0 Å². The van der Waals surface area contributed by atoms with Gasteiger partial charge in [0, 0.05) is 11.8 Å². The van der Waals surface area contributed by atoms with Crippen LogP contribution < -0.4 is 5.32 Å². The van der Waals surface area contributed by atoms with Gasteiger partial charge in [0.25, 0.3) is 11.6 Å². The Morgan fingerprint density at radius 2 is 1.84 bits per heavy atom. The number of aryl methyl sites for hydroxylation is 2. The summed E-state index contributed by atoms with van der Waals surface area (Å²) in [6.07, 6.45) is -1.10. The fourth-order valence-corrected chi connectivity index (χ4v) is 2.19. The highest BCUT2D eigenvalue weighted by Gasteiger charge is 2.25. The molecule has 2 rings (SSSR count). The molecule has 0 aliphatic carbocycles. The third-order valence-corrected chi connectivity index (χ3v) is 3.62. The standard InChI is InChI=1S/C18H18N2O5/c1-11-8-9-12(2)15(10-11)19-17(21)13(3)25-18(22)14-6-4-5-7-16(14)20(23)24/h4-10,13H,1-3H3,(H,19,21). The number of hydrogen-bond acceptors (Lipinski definition) is 5. The van der Waals surface area contributed by atoms with Gasteiger partial charge in [0.1, 0.15) is 5.56 Å². The molecule has 0 aliphatic heterocycles. The summed E-state index contributed by atoms with van der Waals surface area (Å²) in [5, 5.41) is 13.7. The molecule has 1 N–H and O–H groups in total. The van der Waals surface area contributed by atoms with Crippen LogP contribution in [0.5, 0.6) is 0 Å². The molecule has 2 aromatic rings. The maximum Gasteiger partial charge on any atom is 0.345 e. The minimum atomic E-state index is -1.10. The van der Waals surface area contributed by atoms with Crippen molar-refractivity contribution in [3.05, 3.63) is 69.3 Å². The highest BCUT2D eigenvalue weighted by molar-refractivity contribution is 5.99. The molecule has 0 spiro atoms. The van der Waals surface area contributed by atoms with Crippen LogP contribution in [0.1, 0.15) is 28.4 Å². The van der Waals surface area contributed by atoms with Crippen molar-refractivity contribution in [2.45, 2.75) is 26.9 Å². The van der Waals surface area contributed by atoms with Crippen molar-refractivity contribution in [2.75, 3.05) is 5.32 Å². The Hall–Kier alpha value is -3.22. The number of benzene rings is 2. The molecule has 7 nitrogen and oxygen atoms in total. The van der Waals surface area contributed by atoms with Gasteiger partial charge < -0.3 is 10.1 Å². The van der Waals surface area contributed by atoms with Crippen LogP contribution in [0.25, 0.3) is 0 Å². The summed E-state index contributed by atoms with van der Waals surface area (Å²) in [4.78, 5) is 34.7. The van der Waals surface area contributed by atoms with Crippen LogP contribution in [0, 0.1) is 24.0 Å². The number of hydrogen-bond donors (Lipinski definition) is 1. The van der Waals surface area contributed by atoms with Crippen LogP contribution in [0.4, 0.5) is 11.4 Å². The Labute approximate surface area is 144 Å². The Bertz CT molecular complexity index is 832. The second kappa shape index (κ2) is 7.57. The zero-order valence-electron chi connectivity index (χ0n) is 14.1. The first-order valence-corrected chi connectivity index (χ1v) is 7.62. The SMILES string of the molecule is Cc1ccc(C)c(NC(=O)C(C)OC(=O)c2ccccc2[N+](=O)[O-])c1. The van der Waals surface area contributed by atoms with Crippen LogP contribution >= 0.6 is 0 Å². The summed E-state index contributed by atoms with van der Waals surface area (Å²) in [5.41, 5.74) is 1.91. The third kappa shape index (κ3) is 4.41. The molecule has 1 amide bonds. The predicted octanol–water partition coefficient (Wildman–Crippen LogP) is 3.40. The van der Waals surface area contributed by atoms with Gasteiger partial charge in [-0.1, -0.05) is 24.3 Å². The normalized spacial score (nSPS) is 11.5. The van der Waals surface area contributed by atoms with Crippen LogP contribution in [-0.4, -0.2) is 22.9 Å². The summed E-state index contributed by atoms with van der Waals surface area (Å²) < 4.78 is 5.08. The first-order valence-electron chi connectivity index (χ1n) is 7.62. The largest absolute Gasteiger partial charge is 0.449 e. The Morgan fingerprint density at radius 3 is 2.52 bits per heavy atom. The van der Waals surface area contributed by atoms with Gasteiger partial charge in [0.15, 0.2) is 6.10 Å². The minimum absolute atomic E-state index is 0.195. The molecule has 1 unspecified atom stereocenters. The molecule has 0 aliphatic rings. The zero-order chi connectivity index (χ0) is 18.6. The van der Waals surface area contributed by atoms with Crippen LogP contribution in [0.15, 0.2) is 42.5 Å². The maximum atomic E-state index is 12.2. The topological polar surface area (TPSA) is 98.5 Å². The second-order valence-electron chi connectivity index (χ2n) is 5.63. The van der Waals surface area contributed by atoms with Gasteiger partial charge in [0.05, 0.1) is 4.92 Å².